The highest BCUT2D eigenvalue weighted by molar-refractivity contribution is 9.10. The zero-order chi connectivity index (χ0) is 17.3. The molecule has 6 nitrogen and oxygen atoms in total. The lowest BCUT2D eigenvalue weighted by molar-refractivity contribution is 0.0527. The number of aromatic nitrogens is 3. The predicted octanol–water partition coefficient (Wildman–Crippen LogP) is 3.96. The van der Waals surface area contributed by atoms with Gasteiger partial charge in [-0.1, -0.05) is 15.9 Å². The van der Waals surface area contributed by atoms with Crippen molar-refractivity contribution in [3.63, 3.8) is 0 Å². The summed E-state index contributed by atoms with van der Waals surface area (Å²) in [4.78, 5) is 16.7. The molecule has 0 amide bonds. The van der Waals surface area contributed by atoms with Gasteiger partial charge in [0.25, 0.3) is 0 Å². The number of esters is 1. The van der Waals surface area contributed by atoms with Gasteiger partial charge in [0.2, 0.25) is 0 Å². The first-order valence-electron chi connectivity index (χ1n) is 7.53. The summed E-state index contributed by atoms with van der Waals surface area (Å²) in [5.41, 5.74) is 3.42. The lowest BCUT2D eigenvalue weighted by Crippen LogP contribution is -2.09. The monoisotopic (exact) mass is 388 g/mol. The van der Waals surface area contributed by atoms with Crippen molar-refractivity contribution in [2.45, 2.75) is 13.8 Å². The van der Waals surface area contributed by atoms with Crippen LogP contribution in [0.15, 0.2) is 34.9 Å². The fourth-order valence-electron chi connectivity index (χ4n) is 2.58. The Balaban J connectivity index is 2.18. The van der Waals surface area contributed by atoms with Gasteiger partial charge in [0.1, 0.15) is 5.56 Å². The molecule has 124 valence electrons. The van der Waals surface area contributed by atoms with Crippen LogP contribution in [-0.2, 0) is 11.8 Å². The Morgan fingerprint density at radius 2 is 2.04 bits per heavy atom. The highest BCUT2D eigenvalue weighted by Gasteiger charge is 2.20. The third kappa shape index (κ3) is 2.99. The smallest absolute Gasteiger partial charge is 0.341 e. The molecule has 3 rings (SSSR count). The third-order valence-corrected chi connectivity index (χ3v) is 4.16. The van der Waals surface area contributed by atoms with Crippen molar-refractivity contribution in [2.75, 3.05) is 11.9 Å². The minimum absolute atomic E-state index is 0.306. The van der Waals surface area contributed by atoms with E-state index in [4.69, 9.17) is 4.74 Å². The van der Waals surface area contributed by atoms with E-state index in [-0.39, 0.29) is 0 Å². The van der Waals surface area contributed by atoms with Crippen LogP contribution in [0.2, 0.25) is 0 Å². The maximum absolute atomic E-state index is 12.3. The quantitative estimate of drug-likeness (QED) is 0.684. The first kappa shape index (κ1) is 16.4. The number of benzene rings is 1. The normalized spacial score (nSPS) is 10.8. The molecule has 24 heavy (non-hydrogen) atoms. The second-order valence-corrected chi connectivity index (χ2v) is 6.22. The molecule has 0 fully saturated rings. The Kier molecular flexibility index (Phi) is 4.53. The molecule has 0 radical (unpaired) electrons. The van der Waals surface area contributed by atoms with Crippen LogP contribution in [0, 0.1) is 6.92 Å². The fourth-order valence-corrected chi connectivity index (χ4v) is 2.85. The van der Waals surface area contributed by atoms with Crippen LogP contribution in [0.3, 0.4) is 0 Å². The molecule has 0 unspecified atom stereocenters. The molecule has 0 saturated carbocycles. The summed E-state index contributed by atoms with van der Waals surface area (Å²) in [6, 6.07) is 7.72. The van der Waals surface area contributed by atoms with E-state index in [1.165, 1.54) is 6.20 Å². The zero-order valence-corrected chi connectivity index (χ0v) is 15.2. The Hall–Kier alpha value is -2.41. The van der Waals surface area contributed by atoms with E-state index in [2.05, 4.69) is 31.3 Å². The molecule has 2 heterocycles. The van der Waals surface area contributed by atoms with Crippen LogP contribution in [0.4, 0.5) is 11.4 Å². The molecule has 0 saturated heterocycles. The number of hydrogen-bond acceptors (Lipinski definition) is 5. The number of fused-ring (bicyclic) bond motifs is 1. The van der Waals surface area contributed by atoms with Crippen LogP contribution in [0.1, 0.15) is 23.0 Å². The lowest BCUT2D eigenvalue weighted by atomic mass is 10.1. The van der Waals surface area contributed by atoms with Crippen molar-refractivity contribution in [2.24, 2.45) is 7.05 Å². The number of nitrogens with one attached hydrogen (secondary N) is 1. The van der Waals surface area contributed by atoms with Crippen molar-refractivity contribution in [1.82, 2.24) is 14.8 Å². The lowest BCUT2D eigenvalue weighted by Gasteiger charge is -2.13. The number of carbonyl (C=O) groups excluding carboxylic acids is 1. The van der Waals surface area contributed by atoms with Crippen molar-refractivity contribution in [1.29, 1.82) is 0 Å². The van der Waals surface area contributed by atoms with Crippen LogP contribution >= 0.6 is 15.9 Å². The molecule has 1 N–H and O–H groups in total. The average Bonchev–Trinajstić information content (AvgIpc) is 2.85. The molecule has 0 spiro atoms. The Morgan fingerprint density at radius 3 is 2.71 bits per heavy atom. The molecule has 7 heteroatoms. The van der Waals surface area contributed by atoms with Gasteiger partial charge in [-0.15, -0.1) is 0 Å². The van der Waals surface area contributed by atoms with E-state index in [9.17, 15) is 4.79 Å². The topological polar surface area (TPSA) is 69.0 Å². The molecule has 0 aliphatic carbocycles. The van der Waals surface area contributed by atoms with E-state index >= 15 is 0 Å². The molecule has 0 aliphatic rings. The van der Waals surface area contributed by atoms with E-state index in [0.717, 1.165) is 21.2 Å². The molecule has 1 aromatic carbocycles. The Labute approximate surface area is 148 Å². The minimum atomic E-state index is -0.408. The molecule has 2 aromatic heterocycles. The summed E-state index contributed by atoms with van der Waals surface area (Å²) in [6.07, 6.45) is 1.53. The van der Waals surface area contributed by atoms with E-state index < -0.39 is 5.97 Å². The van der Waals surface area contributed by atoms with Crippen LogP contribution in [0.25, 0.3) is 11.0 Å². The van der Waals surface area contributed by atoms with Crippen LogP contribution in [0.5, 0.6) is 0 Å². The molecule has 3 aromatic rings. The molecular formula is C17H17BrN4O2. The fraction of sp³-hybridized carbons (Fsp3) is 0.235. The highest BCUT2D eigenvalue weighted by Crippen LogP contribution is 2.32. The number of ether oxygens (including phenoxy) is 1. The summed E-state index contributed by atoms with van der Waals surface area (Å²) < 4.78 is 7.85. The largest absolute Gasteiger partial charge is 0.462 e. The van der Waals surface area contributed by atoms with Crippen molar-refractivity contribution >= 4 is 44.3 Å². The van der Waals surface area contributed by atoms with Gasteiger partial charge >= 0.3 is 5.97 Å². The number of anilines is 2. The maximum Gasteiger partial charge on any atom is 0.341 e. The van der Waals surface area contributed by atoms with Gasteiger partial charge in [0.05, 0.1) is 23.4 Å². The summed E-state index contributed by atoms with van der Waals surface area (Å²) in [7, 11) is 1.83. The van der Waals surface area contributed by atoms with Gasteiger partial charge < -0.3 is 10.1 Å². The van der Waals surface area contributed by atoms with Gasteiger partial charge in [-0.3, -0.25) is 4.68 Å². The number of pyridine rings is 1. The third-order valence-electron chi connectivity index (χ3n) is 3.64. The number of hydrogen-bond donors (Lipinski definition) is 1. The second kappa shape index (κ2) is 6.60. The molecule has 0 aliphatic heterocycles. The summed E-state index contributed by atoms with van der Waals surface area (Å²) in [5.74, 6) is -0.408. The van der Waals surface area contributed by atoms with Gasteiger partial charge in [-0.2, -0.15) is 5.10 Å². The number of nitrogens with zero attached hydrogens (tertiary/aromatic N) is 3. The van der Waals surface area contributed by atoms with Crippen LogP contribution < -0.4 is 5.32 Å². The number of carbonyl (C=O) groups is 1. The number of aryl methyl sites for hydroxylation is 2. The molecule has 0 bridgehead atoms. The van der Waals surface area contributed by atoms with E-state index in [1.54, 1.807) is 11.6 Å². The van der Waals surface area contributed by atoms with Crippen molar-refractivity contribution in [3.8, 4) is 0 Å². The highest BCUT2D eigenvalue weighted by atomic mass is 79.9. The standard InChI is InChI=1S/C17H17BrN4O2/c1-4-24-17(23)13-9-19-16-14(10(2)21-22(16)3)15(13)20-12-7-5-11(18)6-8-12/h5-9H,4H2,1-3H3,(H,19,20). The maximum atomic E-state index is 12.3. The summed E-state index contributed by atoms with van der Waals surface area (Å²) in [5, 5.41) is 8.54. The Bertz CT molecular complexity index is 903. The van der Waals surface area contributed by atoms with Gasteiger partial charge in [-0.25, -0.2) is 9.78 Å². The van der Waals surface area contributed by atoms with E-state index in [0.29, 0.717) is 23.5 Å². The number of rotatable bonds is 4. The van der Waals surface area contributed by atoms with Crippen molar-refractivity contribution < 1.29 is 9.53 Å². The first-order chi connectivity index (χ1) is 11.5. The first-order valence-corrected chi connectivity index (χ1v) is 8.32. The minimum Gasteiger partial charge on any atom is -0.462 e. The van der Waals surface area contributed by atoms with E-state index in [1.807, 2.05) is 38.2 Å². The van der Waals surface area contributed by atoms with Gasteiger partial charge in [-0.05, 0) is 38.1 Å². The Morgan fingerprint density at radius 1 is 1.33 bits per heavy atom. The zero-order valence-electron chi connectivity index (χ0n) is 13.6. The SMILES string of the molecule is CCOC(=O)c1cnc2c(c(C)nn2C)c1Nc1ccc(Br)cc1. The summed E-state index contributed by atoms with van der Waals surface area (Å²) >= 11 is 3.42. The second-order valence-electron chi connectivity index (χ2n) is 5.31. The predicted molar refractivity (Wildman–Crippen MR) is 96.6 cm³/mol. The van der Waals surface area contributed by atoms with Crippen LogP contribution in [-0.4, -0.2) is 27.3 Å². The molecular weight excluding hydrogens is 372 g/mol. The summed E-state index contributed by atoms with van der Waals surface area (Å²) in [6.45, 7) is 3.98. The molecule has 0 atom stereocenters. The number of halogens is 1. The van der Waals surface area contributed by atoms with Gasteiger partial charge in [0.15, 0.2) is 5.65 Å². The van der Waals surface area contributed by atoms with Crippen molar-refractivity contribution in [3.05, 3.63) is 46.2 Å². The average molecular weight is 389 g/mol. The van der Waals surface area contributed by atoms with Gasteiger partial charge in [0, 0.05) is 23.4 Å².